The molecule has 0 aliphatic rings. The first-order chi connectivity index (χ1) is 12.7. The van der Waals surface area contributed by atoms with E-state index in [2.05, 4.69) is 29.5 Å². The van der Waals surface area contributed by atoms with Crippen molar-refractivity contribution in [1.82, 2.24) is 9.38 Å². The zero-order valence-corrected chi connectivity index (χ0v) is 14.6. The SMILES string of the molecule is COC(=O)c1ccc(-c2cn3c(C)c(-c4ccccc4)ccc3n2)cc1. The molecule has 4 rings (SSSR count). The number of ether oxygens (including phenoxy) is 1. The summed E-state index contributed by atoms with van der Waals surface area (Å²) < 4.78 is 6.85. The van der Waals surface area contributed by atoms with Crippen molar-refractivity contribution in [2.75, 3.05) is 7.11 Å². The molecular weight excluding hydrogens is 324 g/mol. The monoisotopic (exact) mass is 342 g/mol. The maximum Gasteiger partial charge on any atom is 0.337 e. The molecular formula is C22H18N2O2. The second-order valence-electron chi connectivity index (χ2n) is 6.12. The van der Waals surface area contributed by atoms with Gasteiger partial charge in [-0.3, -0.25) is 0 Å². The van der Waals surface area contributed by atoms with Gasteiger partial charge in [0.25, 0.3) is 0 Å². The summed E-state index contributed by atoms with van der Waals surface area (Å²) in [4.78, 5) is 16.3. The minimum Gasteiger partial charge on any atom is -0.465 e. The van der Waals surface area contributed by atoms with Crippen LogP contribution in [0.5, 0.6) is 0 Å². The van der Waals surface area contributed by atoms with E-state index in [9.17, 15) is 4.79 Å². The van der Waals surface area contributed by atoms with Crippen molar-refractivity contribution in [3.05, 3.63) is 84.2 Å². The number of fused-ring (bicyclic) bond motifs is 1. The fourth-order valence-corrected chi connectivity index (χ4v) is 3.15. The molecule has 26 heavy (non-hydrogen) atoms. The van der Waals surface area contributed by atoms with Crippen molar-refractivity contribution in [3.63, 3.8) is 0 Å². The van der Waals surface area contributed by atoms with Crippen molar-refractivity contribution in [1.29, 1.82) is 0 Å². The van der Waals surface area contributed by atoms with Crippen LogP contribution in [0, 0.1) is 6.92 Å². The average Bonchev–Trinajstić information content (AvgIpc) is 3.14. The van der Waals surface area contributed by atoms with E-state index in [-0.39, 0.29) is 5.97 Å². The number of rotatable bonds is 3. The van der Waals surface area contributed by atoms with Gasteiger partial charge in [-0.25, -0.2) is 9.78 Å². The Morgan fingerprint density at radius 2 is 1.65 bits per heavy atom. The number of methoxy groups -OCH3 is 1. The summed E-state index contributed by atoms with van der Waals surface area (Å²) in [6.45, 7) is 2.10. The molecule has 0 saturated carbocycles. The number of hydrogen-bond donors (Lipinski definition) is 0. The van der Waals surface area contributed by atoms with Gasteiger partial charge in [0.1, 0.15) is 5.65 Å². The van der Waals surface area contributed by atoms with Gasteiger partial charge in [0.05, 0.1) is 18.4 Å². The molecule has 0 fully saturated rings. The Kier molecular flexibility index (Phi) is 4.01. The molecule has 4 nitrogen and oxygen atoms in total. The predicted octanol–water partition coefficient (Wildman–Crippen LogP) is 4.76. The Balaban J connectivity index is 1.76. The van der Waals surface area contributed by atoms with E-state index < -0.39 is 0 Å². The van der Waals surface area contributed by atoms with Crippen LogP contribution in [0.3, 0.4) is 0 Å². The highest BCUT2D eigenvalue weighted by Crippen LogP contribution is 2.27. The fourth-order valence-electron chi connectivity index (χ4n) is 3.15. The summed E-state index contributed by atoms with van der Waals surface area (Å²) in [5, 5.41) is 0. The molecule has 2 aromatic carbocycles. The highest BCUT2D eigenvalue weighted by Gasteiger charge is 2.11. The van der Waals surface area contributed by atoms with E-state index in [1.807, 2.05) is 42.6 Å². The Hall–Kier alpha value is -3.40. The highest BCUT2D eigenvalue weighted by atomic mass is 16.5. The van der Waals surface area contributed by atoms with Crippen LogP contribution in [0.1, 0.15) is 16.1 Å². The Bertz CT molecular complexity index is 1080. The number of imidazole rings is 1. The van der Waals surface area contributed by atoms with E-state index in [1.54, 1.807) is 12.1 Å². The lowest BCUT2D eigenvalue weighted by atomic mass is 10.0. The summed E-state index contributed by atoms with van der Waals surface area (Å²) in [7, 11) is 1.38. The first kappa shape index (κ1) is 16.1. The first-order valence-electron chi connectivity index (χ1n) is 8.40. The van der Waals surface area contributed by atoms with Gasteiger partial charge < -0.3 is 9.14 Å². The van der Waals surface area contributed by atoms with Crippen LogP contribution in [-0.4, -0.2) is 22.5 Å². The lowest BCUT2D eigenvalue weighted by molar-refractivity contribution is 0.0601. The summed E-state index contributed by atoms with van der Waals surface area (Å²) in [6, 6.07) is 21.8. The fraction of sp³-hybridized carbons (Fsp3) is 0.0909. The molecule has 4 heteroatoms. The number of benzene rings is 2. The van der Waals surface area contributed by atoms with E-state index >= 15 is 0 Å². The van der Waals surface area contributed by atoms with Crippen LogP contribution < -0.4 is 0 Å². The minimum atomic E-state index is -0.338. The Labute approximate surface area is 151 Å². The van der Waals surface area contributed by atoms with Gasteiger partial charge in [-0.05, 0) is 36.8 Å². The Morgan fingerprint density at radius 3 is 2.35 bits per heavy atom. The number of carbonyl (C=O) groups excluding carboxylic acids is 1. The zero-order valence-electron chi connectivity index (χ0n) is 14.6. The van der Waals surface area contributed by atoms with Gasteiger partial charge in [-0.1, -0.05) is 42.5 Å². The third-order valence-electron chi connectivity index (χ3n) is 4.57. The smallest absolute Gasteiger partial charge is 0.337 e. The normalized spacial score (nSPS) is 10.8. The second kappa shape index (κ2) is 6.48. The standard InChI is InChI=1S/C22H18N2O2/c1-15-19(16-6-4-3-5-7-16)12-13-21-23-20(14-24(15)21)17-8-10-18(11-9-17)22(25)26-2/h3-14H,1-2H3. The molecule has 4 aromatic rings. The molecule has 0 spiro atoms. The van der Waals surface area contributed by atoms with Crippen LogP contribution in [0.2, 0.25) is 0 Å². The molecule has 0 radical (unpaired) electrons. The highest BCUT2D eigenvalue weighted by molar-refractivity contribution is 5.89. The number of carbonyl (C=O) groups is 1. The number of nitrogens with zero attached hydrogens (tertiary/aromatic N) is 2. The third kappa shape index (κ3) is 2.75. The molecule has 0 unspecified atom stereocenters. The lowest BCUT2D eigenvalue weighted by Gasteiger charge is -2.08. The first-order valence-corrected chi connectivity index (χ1v) is 8.40. The maximum atomic E-state index is 11.6. The molecule has 0 aliphatic carbocycles. The van der Waals surface area contributed by atoms with Gasteiger partial charge in [0.2, 0.25) is 0 Å². The van der Waals surface area contributed by atoms with E-state index in [0.29, 0.717) is 5.56 Å². The van der Waals surface area contributed by atoms with Gasteiger partial charge in [-0.2, -0.15) is 0 Å². The van der Waals surface area contributed by atoms with Gasteiger partial charge in [0.15, 0.2) is 0 Å². The minimum absolute atomic E-state index is 0.338. The van der Waals surface area contributed by atoms with Crippen molar-refractivity contribution < 1.29 is 9.53 Å². The van der Waals surface area contributed by atoms with Crippen molar-refractivity contribution in [2.45, 2.75) is 6.92 Å². The predicted molar refractivity (Wildman–Crippen MR) is 102 cm³/mol. The number of pyridine rings is 1. The van der Waals surface area contributed by atoms with Gasteiger partial charge >= 0.3 is 5.97 Å². The van der Waals surface area contributed by atoms with Crippen molar-refractivity contribution in [2.24, 2.45) is 0 Å². The lowest BCUT2D eigenvalue weighted by Crippen LogP contribution is -2.00. The Morgan fingerprint density at radius 1 is 0.923 bits per heavy atom. The second-order valence-corrected chi connectivity index (χ2v) is 6.12. The molecule has 128 valence electrons. The summed E-state index contributed by atoms with van der Waals surface area (Å²) in [6.07, 6.45) is 2.03. The molecule has 2 heterocycles. The summed E-state index contributed by atoms with van der Waals surface area (Å²) >= 11 is 0. The zero-order chi connectivity index (χ0) is 18.1. The number of aromatic nitrogens is 2. The molecule has 0 aliphatic heterocycles. The van der Waals surface area contributed by atoms with Gasteiger partial charge in [0, 0.05) is 23.0 Å². The average molecular weight is 342 g/mol. The van der Waals surface area contributed by atoms with E-state index in [1.165, 1.54) is 18.2 Å². The maximum absolute atomic E-state index is 11.6. The number of esters is 1. The van der Waals surface area contributed by atoms with Crippen LogP contribution in [0.15, 0.2) is 72.9 Å². The van der Waals surface area contributed by atoms with Crippen LogP contribution in [0.4, 0.5) is 0 Å². The molecule has 0 amide bonds. The van der Waals surface area contributed by atoms with Crippen LogP contribution >= 0.6 is 0 Å². The number of hydrogen-bond acceptors (Lipinski definition) is 3. The largest absolute Gasteiger partial charge is 0.465 e. The van der Waals surface area contributed by atoms with Crippen molar-refractivity contribution >= 4 is 11.6 Å². The molecule has 0 N–H and O–H groups in total. The van der Waals surface area contributed by atoms with Crippen molar-refractivity contribution in [3.8, 4) is 22.4 Å². The number of aryl methyl sites for hydroxylation is 1. The van der Waals surface area contributed by atoms with Gasteiger partial charge in [-0.15, -0.1) is 0 Å². The van der Waals surface area contributed by atoms with E-state index in [0.717, 1.165) is 22.6 Å². The van der Waals surface area contributed by atoms with E-state index in [4.69, 9.17) is 9.72 Å². The molecule has 2 aromatic heterocycles. The molecule has 0 saturated heterocycles. The van der Waals surface area contributed by atoms with Crippen LogP contribution in [-0.2, 0) is 4.74 Å². The topological polar surface area (TPSA) is 43.6 Å². The quantitative estimate of drug-likeness (QED) is 0.504. The summed E-state index contributed by atoms with van der Waals surface area (Å²) in [5.74, 6) is -0.338. The molecule has 0 bridgehead atoms. The third-order valence-corrected chi connectivity index (χ3v) is 4.57. The van der Waals surface area contributed by atoms with Crippen LogP contribution in [0.25, 0.3) is 28.0 Å². The molecule has 0 atom stereocenters. The summed E-state index contributed by atoms with van der Waals surface area (Å²) in [5.41, 5.74) is 6.76.